The van der Waals surface area contributed by atoms with Crippen molar-refractivity contribution in [3.05, 3.63) is 70.8 Å². The molecule has 1 amide bonds. The van der Waals surface area contributed by atoms with Crippen LogP contribution in [0.25, 0.3) is 0 Å². The lowest BCUT2D eigenvalue weighted by Gasteiger charge is -2.29. The Morgan fingerprint density at radius 1 is 1.00 bits per heavy atom. The molecule has 2 aliphatic rings. The fourth-order valence-electron chi connectivity index (χ4n) is 4.51. The summed E-state index contributed by atoms with van der Waals surface area (Å²) in [6.07, 6.45) is 3.46. The van der Waals surface area contributed by atoms with Crippen LogP contribution in [0.15, 0.2) is 48.5 Å². The summed E-state index contributed by atoms with van der Waals surface area (Å²) in [4.78, 5) is 15.4. The number of likely N-dealkylation sites (tertiary alicyclic amines) is 1. The third-order valence-electron chi connectivity index (χ3n) is 6.93. The van der Waals surface area contributed by atoms with Gasteiger partial charge in [-0.05, 0) is 53.4 Å². The van der Waals surface area contributed by atoms with Gasteiger partial charge in [0.15, 0.2) is 0 Å². The highest BCUT2D eigenvalue weighted by molar-refractivity contribution is 5.91. The third kappa shape index (κ3) is 5.19. The summed E-state index contributed by atoms with van der Waals surface area (Å²) in [6, 6.07) is 17.2. The molecule has 4 rings (SSSR count). The molecular weight excluding hydrogens is 384 g/mol. The Hall–Kier alpha value is -2.17. The predicted octanol–water partition coefficient (Wildman–Crippen LogP) is 4.29. The van der Waals surface area contributed by atoms with Gasteiger partial charge in [-0.2, -0.15) is 0 Å². The number of nitrogens with zero attached hydrogens (tertiary/aromatic N) is 1. The Balaban J connectivity index is 1.31. The van der Waals surface area contributed by atoms with Crippen LogP contribution in [0, 0.1) is 0 Å². The number of nitrogens with one attached hydrogen (secondary N) is 1. The first-order chi connectivity index (χ1) is 14.8. The van der Waals surface area contributed by atoms with Gasteiger partial charge in [0.05, 0.1) is 11.5 Å². The van der Waals surface area contributed by atoms with Gasteiger partial charge in [-0.1, -0.05) is 69.3 Å². The van der Waals surface area contributed by atoms with E-state index in [9.17, 15) is 9.90 Å². The minimum absolute atomic E-state index is 0.124. The lowest BCUT2D eigenvalue weighted by Crippen LogP contribution is -2.35. The third-order valence-corrected chi connectivity index (χ3v) is 6.93. The molecule has 0 atom stereocenters. The van der Waals surface area contributed by atoms with E-state index >= 15 is 0 Å². The molecule has 0 aromatic heterocycles. The normalized spacial score (nSPS) is 19.2. The highest BCUT2D eigenvalue weighted by Crippen LogP contribution is 2.48. The zero-order valence-electron chi connectivity index (χ0n) is 19.2. The van der Waals surface area contributed by atoms with Crippen LogP contribution >= 0.6 is 0 Å². The summed E-state index contributed by atoms with van der Waals surface area (Å²) in [5.41, 5.74) is 4.64. The summed E-state index contributed by atoms with van der Waals surface area (Å²) in [5, 5.41) is 12.8. The minimum Gasteiger partial charge on any atom is -0.393 e. The number of aliphatic hydroxyl groups is 1. The number of aliphatic hydroxyl groups excluding tert-OH is 1. The molecule has 0 bridgehead atoms. The average molecular weight is 421 g/mol. The maximum absolute atomic E-state index is 13.0. The second kappa shape index (κ2) is 8.76. The number of rotatable bonds is 6. The standard InChI is InChI=1S/C27H36N2O2/c1-26(2,3)22-8-10-23(11-9-22)27(14-15-27)25(31)28-18-20-4-6-21(7-5-20)19-29-16-12-24(30)13-17-29/h4-11,24,30H,12-19H2,1-3H3,(H,28,31). The zero-order valence-corrected chi connectivity index (χ0v) is 19.2. The average Bonchev–Trinajstić information content (AvgIpc) is 3.56. The number of benzene rings is 2. The van der Waals surface area contributed by atoms with E-state index in [-0.39, 0.29) is 22.8 Å². The SMILES string of the molecule is CC(C)(C)c1ccc(C2(C(=O)NCc3ccc(CN4CCC(O)CC4)cc3)CC2)cc1. The molecule has 4 heteroatoms. The number of hydrogen-bond donors (Lipinski definition) is 2. The van der Waals surface area contributed by atoms with E-state index in [1.165, 1.54) is 11.1 Å². The summed E-state index contributed by atoms with van der Waals surface area (Å²) in [6.45, 7) is 10.0. The highest BCUT2D eigenvalue weighted by Gasteiger charge is 2.51. The molecule has 0 unspecified atom stereocenters. The summed E-state index contributed by atoms with van der Waals surface area (Å²) < 4.78 is 0. The smallest absolute Gasteiger partial charge is 0.230 e. The molecule has 0 spiro atoms. The largest absolute Gasteiger partial charge is 0.393 e. The van der Waals surface area contributed by atoms with Gasteiger partial charge in [0.25, 0.3) is 0 Å². The molecule has 1 saturated heterocycles. The van der Waals surface area contributed by atoms with Gasteiger partial charge in [-0.25, -0.2) is 0 Å². The van der Waals surface area contributed by atoms with E-state index in [0.29, 0.717) is 6.54 Å². The maximum atomic E-state index is 13.0. The van der Waals surface area contributed by atoms with Crippen molar-refractivity contribution >= 4 is 5.91 Å². The molecule has 166 valence electrons. The van der Waals surface area contributed by atoms with Crippen molar-refractivity contribution in [2.45, 2.75) is 76.5 Å². The van der Waals surface area contributed by atoms with E-state index < -0.39 is 0 Å². The number of carbonyl (C=O) groups excluding carboxylic acids is 1. The quantitative estimate of drug-likeness (QED) is 0.733. The van der Waals surface area contributed by atoms with Gasteiger partial charge in [-0.15, -0.1) is 0 Å². The topological polar surface area (TPSA) is 52.6 Å². The van der Waals surface area contributed by atoms with E-state index in [4.69, 9.17) is 0 Å². The van der Waals surface area contributed by atoms with Crippen molar-refractivity contribution in [3.8, 4) is 0 Å². The van der Waals surface area contributed by atoms with Gasteiger partial charge >= 0.3 is 0 Å². The van der Waals surface area contributed by atoms with Crippen LogP contribution in [0.2, 0.25) is 0 Å². The van der Waals surface area contributed by atoms with Crippen molar-refractivity contribution in [2.24, 2.45) is 0 Å². The van der Waals surface area contributed by atoms with Gasteiger partial charge in [0, 0.05) is 26.2 Å². The summed E-state index contributed by atoms with van der Waals surface area (Å²) >= 11 is 0. The molecule has 1 aliphatic carbocycles. The maximum Gasteiger partial charge on any atom is 0.230 e. The van der Waals surface area contributed by atoms with E-state index in [1.54, 1.807) is 0 Å². The second-order valence-electron chi connectivity index (χ2n) is 10.4. The van der Waals surface area contributed by atoms with Gasteiger partial charge < -0.3 is 10.4 Å². The first kappa shape index (κ1) is 22.0. The minimum atomic E-state index is -0.338. The molecule has 2 fully saturated rings. The summed E-state index contributed by atoms with van der Waals surface area (Å²) in [5.74, 6) is 0.145. The van der Waals surface area contributed by atoms with Crippen LogP contribution in [-0.2, 0) is 28.7 Å². The molecule has 2 N–H and O–H groups in total. The number of hydrogen-bond acceptors (Lipinski definition) is 3. The number of carbonyl (C=O) groups is 1. The van der Waals surface area contributed by atoms with Crippen molar-refractivity contribution < 1.29 is 9.90 Å². The lowest BCUT2D eigenvalue weighted by molar-refractivity contribution is -0.123. The van der Waals surface area contributed by atoms with Gasteiger partial charge in [0.1, 0.15) is 0 Å². The van der Waals surface area contributed by atoms with E-state index in [0.717, 1.165) is 56.4 Å². The first-order valence-corrected chi connectivity index (χ1v) is 11.6. The van der Waals surface area contributed by atoms with Crippen LogP contribution in [0.4, 0.5) is 0 Å². The Labute approximate surface area is 186 Å². The molecule has 0 radical (unpaired) electrons. The molecule has 2 aromatic rings. The van der Waals surface area contributed by atoms with Crippen LogP contribution in [0.5, 0.6) is 0 Å². The zero-order chi connectivity index (χ0) is 22.1. The molecule has 2 aromatic carbocycles. The Morgan fingerprint density at radius 3 is 2.13 bits per heavy atom. The van der Waals surface area contributed by atoms with Crippen LogP contribution in [-0.4, -0.2) is 35.1 Å². The molecule has 1 saturated carbocycles. The van der Waals surface area contributed by atoms with Crippen molar-refractivity contribution in [3.63, 3.8) is 0 Å². The van der Waals surface area contributed by atoms with E-state index in [2.05, 4.69) is 79.5 Å². The van der Waals surface area contributed by atoms with Crippen molar-refractivity contribution in [1.29, 1.82) is 0 Å². The summed E-state index contributed by atoms with van der Waals surface area (Å²) in [7, 11) is 0. The van der Waals surface area contributed by atoms with E-state index in [1.807, 2.05) is 0 Å². The Bertz CT molecular complexity index is 884. The Kier molecular flexibility index (Phi) is 6.23. The molecule has 1 aliphatic heterocycles. The van der Waals surface area contributed by atoms with Crippen LogP contribution in [0.1, 0.15) is 68.7 Å². The molecule has 4 nitrogen and oxygen atoms in total. The molecule has 31 heavy (non-hydrogen) atoms. The first-order valence-electron chi connectivity index (χ1n) is 11.6. The lowest BCUT2D eigenvalue weighted by atomic mass is 9.85. The Morgan fingerprint density at radius 2 is 1.58 bits per heavy atom. The fraction of sp³-hybridized carbons (Fsp3) is 0.519. The van der Waals surface area contributed by atoms with Crippen molar-refractivity contribution in [1.82, 2.24) is 10.2 Å². The number of amides is 1. The van der Waals surface area contributed by atoms with Gasteiger partial charge in [0.2, 0.25) is 5.91 Å². The molecule has 1 heterocycles. The fourth-order valence-corrected chi connectivity index (χ4v) is 4.51. The van der Waals surface area contributed by atoms with Crippen molar-refractivity contribution in [2.75, 3.05) is 13.1 Å². The second-order valence-corrected chi connectivity index (χ2v) is 10.4. The van der Waals surface area contributed by atoms with Gasteiger partial charge in [-0.3, -0.25) is 9.69 Å². The predicted molar refractivity (Wildman–Crippen MR) is 125 cm³/mol. The highest BCUT2D eigenvalue weighted by atomic mass is 16.3. The van der Waals surface area contributed by atoms with Crippen LogP contribution in [0.3, 0.4) is 0 Å². The number of piperidine rings is 1. The molecular formula is C27H36N2O2. The van der Waals surface area contributed by atoms with Crippen LogP contribution < -0.4 is 5.32 Å². The monoisotopic (exact) mass is 420 g/mol.